The molecule has 0 aromatic rings. The maximum atomic E-state index is 12.2. The van der Waals surface area contributed by atoms with E-state index in [1.165, 1.54) is 32.1 Å². The third-order valence-corrected chi connectivity index (χ3v) is 2.58. The highest BCUT2D eigenvalue weighted by Crippen LogP contribution is 2.33. The minimum Gasteiger partial charge on any atom is -0.455 e. The number of alkyl halides is 3. The first-order valence-electron chi connectivity index (χ1n) is 5.74. The molecule has 4 nitrogen and oxygen atoms in total. The highest BCUT2D eigenvalue weighted by atomic mass is 19.4. The Morgan fingerprint density at radius 2 is 1.75 bits per heavy atom. The van der Waals surface area contributed by atoms with Crippen LogP contribution in [0.3, 0.4) is 0 Å². The van der Waals surface area contributed by atoms with Crippen molar-refractivity contribution in [1.29, 1.82) is 10.5 Å². The van der Waals surface area contributed by atoms with E-state index in [1.807, 2.05) is 0 Å². The summed E-state index contributed by atoms with van der Waals surface area (Å²) in [5, 5.41) is 17.8. The molecule has 0 radical (unpaired) electrons. The summed E-state index contributed by atoms with van der Waals surface area (Å²) in [7, 11) is 0. The van der Waals surface area contributed by atoms with Gasteiger partial charge in [0.2, 0.25) is 0 Å². The van der Waals surface area contributed by atoms with Crippen LogP contribution in [-0.2, 0) is 9.53 Å². The van der Waals surface area contributed by atoms with Crippen LogP contribution in [0.1, 0.15) is 33.1 Å². The number of carbonyl (C=O) groups excluding carboxylic acids is 1. The summed E-state index contributed by atoms with van der Waals surface area (Å²) in [5.41, 5.74) is -3.05. The van der Waals surface area contributed by atoms with E-state index in [-0.39, 0.29) is 0 Å². The van der Waals surface area contributed by atoms with Crippen LogP contribution in [0.2, 0.25) is 0 Å². The third kappa shape index (κ3) is 6.24. The van der Waals surface area contributed by atoms with Crippen LogP contribution in [0.5, 0.6) is 0 Å². The predicted octanol–water partition coefficient (Wildman–Crippen LogP) is 3.26. The zero-order valence-corrected chi connectivity index (χ0v) is 11.3. The van der Waals surface area contributed by atoms with Crippen LogP contribution in [0, 0.1) is 28.1 Å². The molecule has 0 spiro atoms. The van der Waals surface area contributed by atoms with E-state index in [4.69, 9.17) is 15.3 Å². The SMILES string of the molecule is C=CC(C)(C)OC(=O)CC(C#N)(C#N)CCC(F)(F)F. The average Bonchev–Trinajstić information content (AvgIpc) is 2.33. The van der Waals surface area contributed by atoms with E-state index >= 15 is 0 Å². The Kier molecular flexibility index (Phi) is 5.78. The molecular formula is C13H15F3N2O2. The second-order valence-corrected chi connectivity index (χ2v) is 4.88. The highest BCUT2D eigenvalue weighted by Gasteiger charge is 2.39. The standard InChI is InChI=1S/C13H15F3N2O2/c1-4-11(2,3)20-10(19)7-12(8-17,9-18)5-6-13(14,15)16/h4H,1,5-7H2,2-3H3. The van der Waals surface area contributed by atoms with E-state index in [9.17, 15) is 18.0 Å². The molecule has 110 valence electrons. The third-order valence-electron chi connectivity index (χ3n) is 2.58. The zero-order chi connectivity index (χ0) is 16.0. The van der Waals surface area contributed by atoms with Gasteiger partial charge in [-0.15, -0.1) is 0 Å². The second kappa shape index (κ2) is 6.42. The van der Waals surface area contributed by atoms with Crippen LogP contribution >= 0.6 is 0 Å². The van der Waals surface area contributed by atoms with Crippen molar-refractivity contribution in [3.8, 4) is 12.1 Å². The molecule has 0 aromatic carbocycles. The Balaban J connectivity index is 4.88. The molecule has 20 heavy (non-hydrogen) atoms. The molecule has 0 rings (SSSR count). The zero-order valence-electron chi connectivity index (χ0n) is 11.3. The Labute approximate surface area is 115 Å². The van der Waals surface area contributed by atoms with Gasteiger partial charge < -0.3 is 4.74 Å². The van der Waals surface area contributed by atoms with E-state index in [2.05, 4.69) is 6.58 Å². The minimum absolute atomic E-state index is 0.715. The molecule has 0 aliphatic rings. The molecule has 0 heterocycles. The topological polar surface area (TPSA) is 73.9 Å². The van der Waals surface area contributed by atoms with Crippen LogP contribution < -0.4 is 0 Å². The number of nitrogens with zero attached hydrogens (tertiary/aromatic N) is 2. The van der Waals surface area contributed by atoms with Gasteiger partial charge in [0.15, 0.2) is 5.41 Å². The first-order valence-corrected chi connectivity index (χ1v) is 5.74. The number of hydrogen-bond acceptors (Lipinski definition) is 4. The smallest absolute Gasteiger partial charge is 0.389 e. The lowest BCUT2D eigenvalue weighted by Gasteiger charge is -2.24. The fourth-order valence-electron chi connectivity index (χ4n) is 1.28. The van der Waals surface area contributed by atoms with Crippen LogP contribution in [-0.4, -0.2) is 17.7 Å². The second-order valence-electron chi connectivity index (χ2n) is 4.88. The predicted molar refractivity (Wildman–Crippen MR) is 63.9 cm³/mol. The van der Waals surface area contributed by atoms with Crippen molar-refractivity contribution in [3.05, 3.63) is 12.7 Å². The Bertz CT molecular complexity index is 442. The van der Waals surface area contributed by atoms with Gasteiger partial charge in [-0.2, -0.15) is 23.7 Å². The van der Waals surface area contributed by atoms with Crippen molar-refractivity contribution in [2.75, 3.05) is 0 Å². The van der Waals surface area contributed by atoms with E-state index in [0.29, 0.717) is 0 Å². The van der Waals surface area contributed by atoms with Crippen molar-refractivity contribution in [1.82, 2.24) is 0 Å². The molecule has 0 atom stereocenters. The molecule has 0 N–H and O–H groups in total. The van der Waals surface area contributed by atoms with E-state index in [0.717, 1.165) is 0 Å². The lowest BCUT2D eigenvalue weighted by Crippen LogP contribution is -2.30. The number of esters is 1. The highest BCUT2D eigenvalue weighted by molar-refractivity contribution is 5.72. The first-order chi connectivity index (χ1) is 8.99. The molecule has 0 saturated heterocycles. The van der Waals surface area contributed by atoms with Crippen molar-refractivity contribution < 1.29 is 22.7 Å². The molecule has 7 heteroatoms. The Morgan fingerprint density at radius 3 is 2.10 bits per heavy atom. The van der Waals surface area contributed by atoms with Gasteiger partial charge in [-0.05, 0) is 26.3 Å². The van der Waals surface area contributed by atoms with Gasteiger partial charge in [-0.25, -0.2) is 0 Å². The van der Waals surface area contributed by atoms with Gasteiger partial charge in [0.05, 0.1) is 18.6 Å². The molecule has 0 saturated carbocycles. The molecule has 0 aliphatic carbocycles. The van der Waals surface area contributed by atoms with E-state index in [1.54, 1.807) is 0 Å². The molecule has 0 fully saturated rings. The number of hydrogen-bond donors (Lipinski definition) is 0. The number of carbonyl (C=O) groups is 1. The van der Waals surface area contributed by atoms with Gasteiger partial charge in [0.1, 0.15) is 5.60 Å². The summed E-state index contributed by atoms with van der Waals surface area (Å²) >= 11 is 0. The lowest BCUT2D eigenvalue weighted by molar-refractivity contribution is -0.156. The van der Waals surface area contributed by atoms with Crippen LogP contribution in [0.4, 0.5) is 13.2 Å². The van der Waals surface area contributed by atoms with Gasteiger partial charge in [-0.3, -0.25) is 4.79 Å². The maximum absolute atomic E-state index is 12.2. The Morgan fingerprint density at radius 1 is 1.25 bits per heavy atom. The summed E-state index contributed by atoms with van der Waals surface area (Å²) < 4.78 is 41.5. The van der Waals surface area contributed by atoms with Gasteiger partial charge in [0.25, 0.3) is 0 Å². The summed E-state index contributed by atoms with van der Waals surface area (Å²) in [4.78, 5) is 11.6. The van der Waals surface area contributed by atoms with Crippen molar-refractivity contribution in [2.24, 2.45) is 5.41 Å². The fraction of sp³-hybridized carbons (Fsp3) is 0.615. The van der Waals surface area contributed by atoms with Crippen molar-refractivity contribution >= 4 is 5.97 Å². The number of ether oxygens (including phenoxy) is 1. The molecular weight excluding hydrogens is 273 g/mol. The molecule has 0 amide bonds. The van der Waals surface area contributed by atoms with Gasteiger partial charge in [0, 0.05) is 6.42 Å². The number of rotatable bonds is 6. The molecule has 0 aromatic heterocycles. The van der Waals surface area contributed by atoms with Crippen LogP contribution in [0.25, 0.3) is 0 Å². The normalized spacial score (nSPS) is 12.2. The molecule has 0 aliphatic heterocycles. The summed E-state index contributed by atoms with van der Waals surface area (Å²) in [6, 6.07) is 2.97. The summed E-state index contributed by atoms with van der Waals surface area (Å²) in [6.45, 7) is 6.48. The summed E-state index contributed by atoms with van der Waals surface area (Å²) in [6.07, 6.45) is -5.96. The van der Waals surface area contributed by atoms with Crippen molar-refractivity contribution in [2.45, 2.75) is 44.9 Å². The monoisotopic (exact) mass is 288 g/mol. The quantitative estimate of drug-likeness (QED) is 0.555. The summed E-state index contributed by atoms with van der Waals surface area (Å²) in [5.74, 6) is -0.917. The first kappa shape index (κ1) is 18.0. The average molecular weight is 288 g/mol. The van der Waals surface area contributed by atoms with Gasteiger partial charge >= 0.3 is 12.1 Å². The van der Waals surface area contributed by atoms with Crippen LogP contribution in [0.15, 0.2) is 12.7 Å². The number of nitriles is 2. The van der Waals surface area contributed by atoms with E-state index < -0.39 is 42.4 Å². The lowest BCUT2D eigenvalue weighted by atomic mass is 9.83. The number of halogens is 3. The largest absolute Gasteiger partial charge is 0.455 e. The van der Waals surface area contributed by atoms with Gasteiger partial charge in [-0.1, -0.05) is 6.58 Å². The molecule has 0 unspecified atom stereocenters. The molecule has 0 bridgehead atoms. The minimum atomic E-state index is -4.50. The Hall–Kier alpha value is -2.02. The maximum Gasteiger partial charge on any atom is 0.389 e. The fourth-order valence-corrected chi connectivity index (χ4v) is 1.28. The van der Waals surface area contributed by atoms with Crippen molar-refractivity contribution in [3.63, 3.8) is 0 Å².